The molecule has 0 saturated carbocycles. The molecule has 0 aliphatic rings. The van der Waals surface area contributed by atoms with Gasteiger partial charge in [-0.25, -0.2) is 4.98 Å². The Morgan fingerprint density at radius 2 is 1.76 bits per heavy atom. The highest BCUT2D eigenvalue weighted by molar-refractivity contribution is 7.13. The van der Waals surface area contributed by atoms with E-state index in [9.17, 15) is 0 Å². The molecule has 0 aliphatic heterocycles. The van der Waals surface area contributed by atoms with Crippen LogP contribution in [0.25, 0.3) is 11.3 Å². The van der Waals surface area contributed by atoms with Crippen molar-refractivity contribution in [3.05, 3.63) is 28.6 Å². The summed E-state index contributed by atoms with van der Waals surface area (Å²) in [7, 11) is 4.10. The van der Waals surface area contributed by atoms with Gasteiger partial charge in [0.2, 0.25) is 0 Å². The first-order valence-corrected chi connectivity index (χ1v) is 6.37. The molecule has 0 radical (unpaired) electrons. The molecule has 3 nitrogen and oxygen atoms in total. The summed E-state index contributed by atoms with van der Waals surface area (Å²) in [5.41, 5.74) is 11.6. The van der Waals surface area contributed by atoms with Crippen molar-refractivity contribution < 1.29 is 0 Å². The predicted octanol–water partition coefficient (Wildman–Crippen LogP) is 3.08. The molecule has 0 fully saturated rings. The molecule has 1 heterocycles. The molecule has 90 valence electrons. The van der Waals surface area contributed by atoms with E-state index in [-0.39, 0.29) is 0 Å². The highest BCUT2D eigenvalue weighted by atomic mass is 32.1. The lowest BCUT2D eigenvalue weighted by Gasteiger charge is -2.16. The Morgan fingerprint density at radius 3 is 2.18 bits per heavy atom. The van der Waals surface area contributed by atoms with Crippen LogP contribution in [-0.2, 0) is 0 Å². The van der Waals surface area contributed by atoms with Crippen molar-refractivity contribution in [1.82, 2.24) is 4.98 Å². The highest BCUT2D eigenvalue weighted by Gasteiger charge is 2.11. The van der Waals surface area contributed by atoms with Gasteiger partial charge in [-0.2, -0.15) is 0 Å². The van der Waals surface area contributed by atoms with Gasteiger partial charge in [-0.3, -0.25) is 0 Å². The summed E-state index contributed by atoms with van der Waals surface area (Å²) >= 11 is 1.48. The molecule has 1 aromatic heterocycles. The highest BCUT2D eigenvalue weighted by Crippen LogP contribution is 2.32. The van der Waals surface area contributed by atoms with Gasteiger partial charge in [0.1, 0.15) is 0 Å². The Balaban J connectivity index is 2.56. The molecule has 0 unspecified atom stereocenters. The van der Waals surface area contributed by atoms with Crippen molar-refractivity contribution in [2.45, 2.75) is 13.8 Å². The third kappa shape index (κ3) is 2.26. The maximum absolute atomic E-state index is 5.69. The number of anilines is 2. The van der Waals surface area contributed by atoms with E-state index in [1.165, 1.54) is 33.7 Å². The van der Waals surface area contributed by atoms with Crippen LogP contribution in [-0.4, -0.2) is 19.1 Å². The van der Waals surface area contributed by atoms with Gasteiger partial charge in [-0.15, -0.1) is 11.3 Å². The largest absolute Gasteiger partial charge is 0.378 e. The summed E-state index contributed by atoms with van der Waals surface area (Å²) in [4.78, 5) is 6.47. The molecular weight excluding hydrogens is 230 g/mol. The van der Waals surface area contributed by atoms with Crippen molar-refractivity contribution >= 4 is 22.2 Å². The Morgan fingerprint density at radius 1 is 1.18 bits per heavy atom. The molecule has 2 N–H and O–H groups in total. The van der Waals surface area contributed by atoms with E-state index < -0.39 is 0 Å². The van der Waals surface area contributed by atoms with Crippen molar-refractivity contribution in [1.29, 1.82) is 0 Å². The molecule has 4 heteroatoms. The summed E-state index contributed by atoms with van der Waals surface area (Å²) in [5.74, 6) is 0. The van der Waals surface area contributed by atoms with E-state index in [0.717, 1.165) is 5.69 Å². The number of aryl methyl sites for hydroxylation is 2. The average molecular weight is 247 g/mol. The monoisotopic (exact) mass is 247 g/mol. The summed E-state index contributed by atoms with van der Waals surface area (Å²) < 4.78 is 0. The minimum Gasteiger partial charge on any atom is -0.378 e. The van der Waals surface area contributed by atoms with Crippen LogP contribution in [0.15, 0.2) is 17.5 Å². The average Bonchev–Trinajstić information content (AvgIpc) is 2.63. The van der Waals surface area contributed by atoms with Crippen LogP contribution >= 0.6 is 11.3 Å². The Kier molecular flexibility index (Phi) is 3.07. The third-order valence-electron chi connectivity index (χ3n) is 2.81. The fourth-order valence-corrected chi connectivity index (χ4v) is 2.56. The predicted molar refractivity (Wildman–Crippen MR) is 75.8 cm³/mol. The fraction of sp³-hybridized carbons (Fsp3) is 0.308. The zero-order valence-electron chi connectivity index (χ0n) is 10.6. The third-order valence-corrected chi connectivity index (χ3v) is 3.49. The second-order valence-electron chi connectivity index (χ2n) is 4.42. The summed E-state index contributed by atoms with van der Waals surface area (Å²) in [6.45, 7) is 4.23. The smallest absolute Gasteiger partial charge is 0.180 e. The number of benzene rings is 1. The van der Waals surface area contributed by atoms with E-state index in [0.29, 0.717) is 5.13 Å². The SMILES string of the molecule is Cc1cc(N(C)C)cc(C)c1-c1csc(N)n1. The van der Waals surface area contributed by atoms with Gasteiger partial charge in [0.25, 0.3) is 0 Å². The lowest BCUT2D eigenvalue weighted by Crippen LogP contribution is -2.09. The molecule has 17 heavy (non-hydrogen) atoms. The van der Waals surface area contributed by atoms with Crippen LogP contribution in [0.1, 0.15) is 11.1 Å². The number of hydrogen-bond acceptors (Lipinski definition) is 4. The first kappa shape index (κ1) is 11.9. The van der Waals surface area contributed by atoms with Crippen LogP contribution in [0.3, 0.4) is 0 Å². The topological polar surface area (TPSA) is 42.1 Å². The summed E-state index contributed by atoms with van der Waals surface area (Å²) in [5, 5.41) is 2.63. The van der Waals surface area contributed by atoms with Crippen LogP contribution in [0, 0.1) is 13.8 Å². The molecule has 0 saturated heterocycles. The van der Waals surface area contributed by atoms with Gasteiger partial charge in [0.15, 0.2) is 5.13 Å². The van der Waals surface area contributed by atoms with Gasteiger partial charge in [0, 0.05) is 30.7 Å². The van der Waals surface area contributed by atoms with Gasteiger partial charge in [-0.1, -0.05) is 0 Å². The quantitative estimate of drug-likeness (QED) is 0.886. The van der Waals surface area contributed by atoms with Crippen LogP contribution in [0.2, 0.25) is 0 Å². The van der Waals surface area contributed by atoms with Crippen molar-refractivity contribution in [3.63, 3.8) is 0 Å². The van der Waals surface area contributed by atoms with Gasteiger partial charge in [-0.05, 0) is 37.1 Å². The maximum Gasteiger partial charge on any atom is 0.180 e. The standard InChI is InChI=1S/C13H17N3S/c1-8-5-10(16(3)4)6-9(2)12(8)11-7-17-13(14)15-11/h5-7H,1-4H3,(H2,14,15). The van der Waals surface area contributed by atoms with Crippen LogP contribution in [0.4, 0.5) is 10.8 Å². The number of thiazole rings is 1. The summed E-state index contributed by atoms with van der Waals surface area (Å²) in [6, 6.07) is 4.36. The minimum absolute atomic E-state index is 0.621. The number of nitrogens with zero attached hydrogens (tertiary/aromatic N) is 2. The van der Waals surface area contributed by atoms with E-state index in [1.54, 1.807) is 0 Å². The number of nitrogen functional groups attached to an aromatic ring is 1. The fourth-order valence-electron chi connectivity index (χ4n) is 2.01. The first-order valence-electron chi connectivity index (χ1n) is 5.49. The van der Waals surface area contributed by atoms with Crippen molar-refractivity contribution in [2.24, 2.45) is 0 Å². The van der Waals surface area contributed by atoms with Gasteiger partial charge < -0.3 is 10.6 Å². The maximum atomic E-state index is 5.69. The Bertz CT molecular complexity index is 520. The van der Waals surface area contributed by atoms with E-state index in [1.807, 2.05) is 5.38 Å². The molecule has 0 aliphatic carbocycles. The lowest BCUT2D eigenvalue weighted by molar-refractivity contribution is 1.12. The number of nitrogens with two attached hydrogens (primary N) is 1. The van der Waals surface area contributed by atoms with Gasteiger partial charge >= 0.3 is 0 Å². The lowest BCUT2D eigenvalue weighted by atomic mass is 9.99. The molecular formula is C13H17N3S. The molecule has 0 spiro atoms. The number of aromatic nitrogens is 1. The Hall–Kier alpha value is -1.55. The Labute approximate surface area is 106 Å². The zero-order chi connectivity index (χ0) is 12.6. The first-order chi connectivity index (χ1) is 7.99. The zero-order valence-corrected chi connectivity index (χ0v) is 11.4. The number of rotatable bonds is 2. The second kappa shape index (κ2) is 4.37. The van der Waals surface area contributed by atoms with E-state index in [2.05, 4.69) is 50.0 Å². The molecule has 1 aromatic carbocycles. The number of hydrogen-bond donors (Lipinski definition) is 1. The molecule has 2 aromatic rings. The van der Waals surface area contributed by atoms with Crippen LogP contribution < -0.4 is 10.6 Å². The molecule has 0 bridgehead atoms. The van der Waals surface area contributed by atoms with Crippen molar-refractivity contribution in [3.8, 4) is 11.3 Å². The molecule has 0 atom stereocenters. The van der Waals surface area contributed by atoms with Crippen molar-refractivity contribution in [2.75, 3.05) is 24.7 Å². The van der Waals surface area contributed by atoms with E-state index in [4.69, 9.17) is 5.73 Å². The summed E-state index contributed by atoms with van der Waals surface area (Å²) in [6.07, 6.45) is 0. The second-order valence-corrected chi connectivity index (χ2v) is 5.31. The minimum atomic E-state index is 0.621. The van der Waals surface area contributed by atoms with Crippen LogP contribution in [0.5, 0.6) is 0 Å². The normalized spacial score (nSPS) is 10.6. The van der Waals surface area contributed by atoms with E-state index >= 15 is 0 Å². The van der Waals surface area contributed by atoms with Gasteiger partial charge in [0.05, 0.1) is 5.69 Å². The molecule has 0 amide bonds. The molecule has 2 rings (SSSR count).